The van der Waals surface area contributed by atoms with E-state index in [2.05, 4.69) is 86.2 Å². The van der Waals surface area contributed by atoms with Gasteiger partial charge in [-0.25, -0.2) is 16.5 Å². The lowest BCUT2D eigenvalue weighted by Gasteiger charge is -2.25. The Hall–Kier alpha value is -2.37. The molecule has 0 unspecified atom stereocenters. The molecular formula is C16H22N4O. The third-order valence-electron chi connectivity index (χ3n) is 3.25. The normalized spacial score (nSPS) is 10.1. The van der Waals surface area contributed by atoms with Gasteiger partial charge in [-0.15, -0.1) is 0 Å². The van der Waals surface area contributed by atoms with Crippen molar-refractivity contribution in [1.29, 1.82) is 0 Å². The van der Waals surface area contributed by atoms with Crippen LogP contribution in [0, 0.1) is 0 Å². The first kappa shape index (κ1) is 16.7. The van der Waals surface area contributed by atoms with E-state index in [1.165, 1.54) is 11.1 Å². The van der Waals surface area contributed by atoms with E-state index in [-0.39, 0.29) is 5.41 Å². The van der Waals surface area contributed by atoms with Gasteiger partial charge < -0.3 is 0 Å². The first-order chi connectivity index (χ1) is 10.0. The number of hydrazine groups is 2. The highest BCUT2D eigenvalue weighted by Crippen LogP contribution is 2.30. The molecule has 2 amide bonds. The molecule has 0 atom stereocenters. The van der Waals surface area contributed by atoms with Crippen LogP contribution < -0.4 is 22.5 Å². The van der Waals surface area contributed by atoms with Gasteiger partial charge in [0.2, 0.25) is 0 Å². The number of rotatable bonds is 2. The van der Waals surface area contributed by atoms with Crippen LogP contribution in [0.25, 0.3) is 0 Å². The minimum atomic E-state index is -0.602. The molecule has 2 aromatic carbocycles. The van der Waals surface area contributed by atoms with Gasteiger partial charge in [0.1, 0.15) is 0 Å². The van der Waals surface area contributed by atoms with Crippen molar-refractivity contribution in [2.45, 2.75) is 19.3 Å². The van der Waals surface area contributed by atoms with E-state index < -0.39 is 6.03 Å². The number of nitrogens with one attached hydrogen (secondary N) is 2. The van der Waals surface area contributed by atoms with Crippen molar-refractivity contribution in [2.75, 3.05) is 0 Å². The van der Waals surface area contributed by atoms with Gasteiger partial charge >= 0.3 is 6.03 Å². The van der Waals surface area contributed by atoms with Crippen molar-refractivity contribution < 1.29 is 4.79 Å². The van der Waals surface area contributed by atoms with Crippen molar-refractivity contribution >= 4 is 6.03 Å². The second kappa shape index (κ2) is 8.04. The zero-order valence-corrected chi connectivity index (χ0v) is 12.3. The maximum absolute atomic E-state index is 9.71. The van der Waals surface area contributed by atoms with Gasteiger partial charge in [0, 0.05) is 5.41 Å². The van der Waals surface area contributed by atoms with Gasteiger partial charge in [0.15, 0.2) is 0 Å². The van der Waals surface area contributed by atoms with E-state index in [0.717, 1.165) is 0 Å². The van der Waals surface area contributed by atoms with E-state index in [0.29, 0.717) is 0 Å². The van der Waals surface area contributed by atoms with Crippen LogP contribution in [0.1, 0.15) is 25.0 Å². The van der Waals surface area contributed by atoms with Crippen molar-refractivity contribution in [3.05, 3.63) is 71.8 Å². The number of benzene rings is 2. The lowest BCUT2D eigenvalue weighted by Crippen LogP contribution is -2.43. The summed E-state index contributed by atoms with van der Waals surface area (Å²) in [6.45, 7) is 4.52. The fourth-order valence-corrected chi connectivity index (χ4v) is 1.92. The van der Waals surface area contributed by atoms with Crippen LogP contribution in [0.2, 0.25) is 0 Å². The zero-order chi connectivity index (χ0) is 15.7. The molecule has 0 aliphatic rings. The molecular weight excluding hydrogens is 264 g/mol. The molecule has 0 radical (unpaired) electrons. The van der Waals surface area contributed by atoms with Crippen molar-refractivity contribution in [3.8, 4) is 0 Å². The van der Waals surface area contributed by atoms with Crippen LogP contribution in [0.4, 0.5) is 4.79 Å². The molecule has 0 aliphatic heterocycles. The second-order valence-corrected chi connectivity index (χ2v) is 4.97. The monoisotopic (exact) mass is 286 g/mol. The molecule has 0 saturated heterocycles. The Labute approximate surface area is 125 Å². The average Bonchev–Trinajstić information content (AvgIpc) is 2.56. The molecule has 0 fully saturated rings. The molecule has 21 heavy (non-hydrogen) atoms. The first-order valence-corrected chi connectivity index (χ1v) is 6.60. The van der Waals surface area contributed by atoms with Crippen molar-refractivity contribution in [3.63, 3.8) is 0 Å². The van der Waals surface area contributed by atoms with Gasteiger partial charge in [0.05, 0.1) is 0 Å². The Balaban J connectivity index is 0.000000315. The fourth-order valence-electron chi connectivity index (χ4n) is 1.92. The highest BCUT2D eigenvalue weighted by atomic mass is 16.2. The smallest absolute Gasteiger partial charge is 0.275 e. The molecule has 0 spiro atoms. The van der Waals surface area contributed by atoms with E-state index in [4.69, 9.17) is 0 Å². The molecule has 0 bridgehead atoms. The van der Waals surface area contributed by atoms with E-state index >= 15 is 0 Å². The summed E-state index contributed by atoms with van der Waals surface area (Å²) in [6.07, 6.45) is 0. The first-order valence-electron chi connectivity index (χ1n) is 6.60. The van der Waals surface area contributed by atoms with E-state index in [1.54, 1.807) is 10.9 Å². The number of hydrogen-bond donors (Lipinski definition) is 4. The predicted octanol–water partition coefficient (Wildman–Crippen LogP) is 2.05. The summed E-state index contributed by atoms with van der Waals surface area (Å²) in [5.74, 6) is 9.08. The quantitative estimate of drug-likeness (QED) is 0.387. The molecule has 5 heteroatoms. The summed E-state index contributed by atoms with van der Waals surface area (Å²) >= 11 is 0. The fraction of sp³-hybridized carbons (Fsp3) is 0.188. The van der Waals surface area contributed by atoms with Crippen molar-refractivity contribution in [1.82, 2.24) is 10.9 Å². The Kier molecular flexibility index (Phi) is 6.39. The third-order valence-corrected chi connectivity index (χ3v) is 3.25. The SMILES string of the molecule is CC(C)(c1ccccc1)c1ccccc1.NNC(=O)NN. The number of carbonyl (C=O) groups excluding carboxylic acids is 1. The Bertz CT molecular complexity index is 493. The minimum Gasteiger partial charge on any atom is -0.275 e. The minimum absolute atomic E-state index is 0.0858. The lowest BCUT2D eigenvalue weighted by atomic mass is 9.78. The Morgan fingerprint density at radius 3 is 1.38 bits per heavy atom. The molecule has 0 heterocycles. The summed E-state index contributed by atoms with van der Waals surface area (Å²) in [5.41, 5.74) is 6.28. The molecule has 2 aromatic rings. The molecule has 5 nitrogen and oxygen atoms in total. The van der Waals surface area contributed by atoms with Gasteiger partial charge in [-0.05, 0) is 11.1 Å². The third kappa shape index (κ3) is 4.91. The van der Waals surface area contributed by atoms with Gasteiger partial charge in [-0.1, -0.05) is 74.5 Å². The van der Waals surface area contributed by atoms with Crippen LogP contribution in [0.15, 0.2) is 60.7 Å². The number of nitrogens with two attached hydrogens (primary N) is 2. The number of carbonyl (C=O) groups is 1. The highest BCUT2D eigenvalue weighted by Gasteiger charge is 2.21. The summed E-state index contributed by atoms with van der Waals surface area (Å²) in [6, 6.07) is 20.7. The Morgan fingerprint density at radius 2 is 1.14 bits per heavy atom. The summed E-state index contributed by atoms with van der Waals surface area (Å²) in [7, 11) is 0. The number of urea groups is 1. The van der Waals surface area contributed by atoms with Gasteiger partial charge in [-0.3, -0.25) is 10.9 Å². The topological polar surface area (TPSA) is 93.2 Å². The zero-order valence-electron chi connectivity index (χ0n) is 12.3. The highest BCUT2D eigenvalue weighted by molar-refractivity contribution is 5.72. The number of hydrogen-bond acceptors (Lipinski definition) is 3. The van der Waals surface area contributed by atoms with Gasteiger partial charge in [0.25, 0.3) is 0 Å². The maximum Gasteiger partial charge on any atom is 0.343 e. The molecule has 0 aromatic heterocycles. The standard InChI is InChI=1S/C15H16.CH6N4O/c1-15(2,13-9-5-3-6-10-13)14-11-7-4-8-12-14;2-4-1(6)5-3/h3-12H,1-2H3;2-3H2,(H2,4,5,6). The van der Waals surface area contributed by atoms with E-state index in [9.17, 15) is 4.79 Å². The molecule has 6 N–H and O–H groups in total. The van der Waals surface area contributed by atoms with Crippen LogP contribution in [-0.4, -0.2) is 6.03 Å². The summed E-state index contributed by atoms with van der Waals surface area (Å²) in [5, 5.41) is 0. The van der Waals surface area contributed by atoms with Crippen LogP contribution in [0.3, 0.4) is 0 Å². The number of amides is 2. The molecule has 2 rings (SSSR count). The lowest BCUT2D eigenvalue weighted by molar-refractivity contribution is 0.241. The maximum atomic E-state index is 9.71. The van der Waals surface area contributed by atoms with Crippen LogP contribution in [0.5, 0.6) is 0 Å². The molecule has 0 aliphatic carbocycles. The molecule has 112 valence electrons. The van der Waals surface area contributed by atoms with E-state index in [1.807, 2.05) is 0 Å². The van der Waals surface area contributed by atoms with Gasteiger partial charge in [-0.2, -0.15) is 0 Å². The molecule has 0 saturated carbocycles. The van der Waals surface area contributed by atoms with Crippen LogP contribution >= 0.6 is 0 Å². The van der Waals surface area contributed by atoms with Crippen molar-refractivity contribution in [2.24, 2.45) is 11.7 Å². The summed E-state index contributed by atoms with van der Waals surface area (Å²) < 4.78 is 0. The summed E-state index contributed by atoms with van der Waals surface area (Å²) in [4.78, 5) is 9.71. The van der Waals surface area contributed by atoms with Crippen LogP contribution in [-0.2, 0) is 5.41 Å². The second-order valence-electron chi connectivity index (χ2n) is 4.97. The Morgan fingerprint density at radius 1 is 0.810 bits per heavy atom. The largest absolute Gasteiger partial charge is 0.343 e. The predicted molar refractivity (Wildman–Crippen MR) is 85.1 cm³/mol. The average molecular weight is 286 g/mol.